The van der Waals surface area contributed by atoms with Crippen LogP contribution in [0.25, 0.3) is 0 Å². The van der Waals surface area contributed by atoms with Gasteiger partial charge in [-0.2, -0.15) is 0 Å². The van der Waals surface area contributed by atoms with Gasteiger partial charge < -0.3 is 4.74 Å². The highest BCUT2D eigenvalue weighted by atomic mass is 32.1. The number of aromatic nitrogens is 2. The summed E-state index contributed by atoms with van der Waals surface area (Å²) in [5.41, 5.74) is 2.31. The SMILES string of the molecule is Cc1cnc2c(c1)N(C(=O)c1csc(C3CCCCC3)n1)CCO2. The zero-order valence-corrected chi connectivity index (χ0v) is 14.6. The zero-order valence-electron chi connectivity index (χ0n) is 13.8. The minimum atomic E-state index is -0.0507. The number of hydrogen-bond donors (Lipinski definition) is 0. The number of amides is 1. The van der Waals surface area contributed by atoms with Crippen LogP contribution >= 0.6 is 11.3 Å². The number of rotatable bonds is 2. The van der Waals surface area contributed by atoms with Crippen molar-refractivity contribution in [2.24, 2.45) is 0 Å². The predicted molar refractivity (Wildman–Crippen MR) is 94.1 cm³/mol. The third-order valence-corrected chi connectivity index (χ3v) is 5.76. The van der Waals surface area contributed by atoms with Crippen LogP contribution in [-0.4, -0.2) is 29.0 Å². The zero-order chi connectivity index (χ0) is 16.5. The van der Waals surface area contributed by atoms with Gasteiger partial charge in [0.05, 0.1) is 11.6 Å². The van der Waals surface area contributed by atoms with Gasteiger partial charge in [-0.25, -0.2) is 9.97 Å². The van der Waals surface area contributed by atoms with Crippen molar-refractivity contribution in [3.05, 3.63) is 33.9 Å². The molecule has 0 unspecified atom stereocenters. The van der Waals surface area contributed by atoms with Crippen LogP contribution in [0.15, 0.2) is 17.6 Å². The molecule has 0 atom stereocenters. The van der Waals surface area contributed by atoms with Crippen LogP contribution < -0.4 is 9.64 Å². The molecule has 24 heavy (non-hydrogen) atoms. The van der Waals surface area contributed by atoms with Crippen LogP contribution in [0.4, 0.5) is 5.69 Å². The Labute approximate surface area is 145 Å². The van der Waals surface area contributed by atoms with Crippen LogP contribution in [0.3, 0.4) is 0 Å². The van der Waals surface area contributed by atoms with E-state index in [0.717, 1.165) is 16.3 Å². The molecule has 2 aromatic heterocycles. The largest absolute Gasteiger partial charge is 0.474 e. The standard InChI is InChI=1S/C18H21N3O2S/c1-12-9-15-16(19-10-12)23-8-7-21(15)18(22)14-11-24-17(20-14)13-5-3-2-4-6-13/h9-11,13H,2-8H2,1H3. The molecule has 1 amide bonds. The molecule has 0 aromatic carbocycles. The molecule has 0 bridgehead atoms. The minimum absolute atomic E-state index is 0.0507. The third kappa shape index (κ3) is 2.90. The van der Waals surface area contributed by atoms with Crippen LogP contribution in [-0.2, 0) is 0 Å². The fourth-order valence-corrected chi connectivity index (χ4v) is 4.44. The second kappa shape index (κ2) is 6.51. The summed E-state index contributed by atoms with van der Waals surface area (Å²) in [6, 6.07) is 1.95. The van der Waals surface area contributed by atoms with Gasteiger partial charge in [0.1, 0.15) is 18.0 Å². The molecule has 1 fully saturated rings. The Bertz CT molecular complexity index is 752. The van der Waals surface area contributed by atoms with Gasteiger partial charge in [-0.1, -0.05) is 19.3 Å². The highest BCUT2D eigenvalue weighted by molar-refractivity contribution is 7.10. The molecule has 6 heteroatoms. The van der Waals surface area contributed by atoms with E-state index in [4.69, 9.17) is 4.74 Å². The highest BCUT2D eigenvalue weighted by Crippen LogP contribution is 2.35. The minimum Gasteiger partial charge on any atom is -0.474 e. The molecule has 0 radical (unpaired) electrons. The average Bonchev–Trinajstić information content (AvgIpc) is 3.11. The third-order valence-electron chi connectivity index (χ3n) is 4.75. The molecule has 0 spiro atoms. The lowest BCUT2D eigenvalue weighted by Crippen LogP contribution is -2.38. The Morgan fingerprint density at radius 3 is 3.00 bits per heavy atom. The number of aryl methyl sites for hydroxylation is 1. The fourth-order valence-electron chi connectivity index (χ4n) is 3.47. The van der Waals surface area contributed by atoms with Crippen molar-refractivity contribution in [1.29, 1.82) is 0 Å². The Balaban J connectivity index is 1.59. The second-order valence-corrected chi connectivity index (χ2v) is 7.44. The first-order valence-electron chi connectivity index (χ1n) is 8.59. The van der Waals surface area contributed by atoms with Crippen LogP contribution in [0.1, 0.15) is 59.1 Å². The monoisotopic (exact) mass is 343 g/mol. The first kappa shape index (κ1) is 15.6. The second-order valence-electron chi connectivity index (χ2n) is 6.55. The Morgan fingerprint density at radius 2 is 2.17 bits per heavy atom. The van der Waals surface area contributed by atoms with Gasteiger partial charge in [0.25, 0.3) is 5.91 Å². The van der Waals surface area contributed by atoms with Crippen molar-refractivity contribution in [3.63, 3.8) is 0 Å². The van der Waals surface area contributed by atoms with E-state index < -0.39 is 0 Å². The fraction of sp³-hybridized carbons (Fsp3) is 0.500. The number of thiazole rings is 1. The first-order valence-corrected chi connectivity index (χ1v) is 9.47. The van der Waals surface area contributed by atoms with Crippen LogP contribution in [0, 0.1) is 6.92 Å². The van der Waals surface area contributed by atoms with Crippen LogP contribution in [0.5, 0.6) is 5.88 Å². The highest BCUT2D eigenvalue weighted by Gasteiger charge is 2.28. The topological polar surface area (TPSA) is 55.3 Å². The van der Waals surface area contributed by atoms with E-state index in [2.05, 4.69) is 9.97 Å². The van der Waals surface area contributed by atoms with Gasteiger partial charge >= 0.3 is 0 Å². The lowest BCUT2D eigenvalue weighted by atomic mass is 9.90. The van der Waals surface area contributed by atoms with Gasteiger partial charge in [0, 0.05) is 17.5 Å². The molecule has 3 heterocycles. The van der Waals surface area contributed by atoms with Crippen molar-refractivity contribution in [2.75, 3.05) is 18.1 Å². The van der Waals surface area contributed by atoms with Gasteiger partial charge in [-0.05, 0) is 31.4 Å². The van der Waals surface area contributed by atoms with E-state index in [1.165, 1.54) is 32.1 Å². The molecular weight excluding hydrogens is 322 g/mol. The smallest absolute Gasteiger partial charge is 0.278 e. The number of hydrogen-bond acceptors (Lipinski definition) is 5. The molecule has 2 aliphatic rings. The summed E-state index contributed by atoms with van der Waals surface area (Å²) < 4.78 is 5.57. The molecule has 1 aliphatic heterocycles. The van der Waals surface area contributed by atoms with Gasteiger partial charge in [0.2, 0.25) is 5.88 Å². The Hall–Kier alpha value is -1.95. The number of carbonyl (C=O) groups excluding carboxylic acids is 1. The predicted octanol–water partition coefficient (Wildman–Crippen LogP) is 3.93. The van der Waals surface area contributed by atoms with Crippen LogP contribution in [0.2, 0.25) is 0 Å². The lowest BCUT2D eigenvalue weighted by Gasteiger charge is -2.28. The maximum Gasteiger partial charge on any atom is 0.278 e. The molecule has 1 saturated carbocycles. The molecule has 4 rings (SSSR count). The summed E-state index contributed by atoms with van der Waals surface area (Å²) in [6.07, 6.45) is 8.03. The number of ether oxygens (including phenoxy) is 1. The summed E-state index contributed by atoms with van der Waals surface area (Å²) >= 11 is 1.63. The van der Waals surface area contributed by atoms with Crippen molar-refractivity contribution >= 4 is 22.9 Å². The molecule has 126 valence electrons. The van der Waals surface area contributed by atoms with Crippen molar-refractivity contribution in [3.8, 4) is 5.88 Å². The van der Waals surface area contributed by atoms with Crippen molar-refractivity contribution < 1.29 is 9.53 Å². The Morgan fingerprint density at radius 1 is 1.33 bits per heavy atom. The average molecular weight is 343 g/mol. The molecule has 1 aliphatic carbocycles. The number of nitrogens with zero attached hydrogens (tertiary/aromatic N) is 3. The van der Waals surface area contributed by atoms with E-state index in [9.17, 15) is 4.79 Å². The summed E-state index contributed by atoms with van der Waals surface area (Å²) in [5.74, 6) is 1.01. The quantitative estimate of drug-likeness (QED) is 0.829. The van der Waals surface area contributed by atoms with Gasteiger partial charge in [-0.15, -0.1) is 11.3 Å². The van der Waals surface area contributed by atoms with E-state index in [0.29, 0.717) is 30.6 Å². The summed E-state index contributed by atoms with van der Waals surface area (Å²) in [5, 5.41) is 3.03. The van der Waals surface area contributed by atoms with E-state index >= 15 is 0 Å². The van der Waals surface area contributed by atoms with Crippen molar-refractivity contribution in [1.82, 2.24) is 9.97 Å². The Kier molecular flexibility index (Phi) is 4.22. The molecule has 2 aromatic rings. The lowest BCUT2D eigenvalue weighted by molar-refractivity contribution is 0.0971. The van der Waals surface area contributed by atoms with Gasteiger partial charge in [-0.3, -0.25) is 9.69 Å². The summed E-state index contributed by atoms with van der Waals surface area (Å²) in [4.78, 5) is 23.7. The van der Waals surface area contributed by atoms with Crippen molar-refractivity contribution in [2.45, 2.75) is 44.9 Å². The maximum atomic E-state index is 13.0. The summed E-state index contributed by atoms with van der Waals surface area (Å²) in [7, 11) is 0. The molecule has 0 N–H and O–H groups in total. The number of carbonyl (C=O) groups is 1. The van der Waals surface area contributed by atoms with E-state index in [-0.39, 0.29) is 5.91 Å². The molecule has 5 nitrogen and oxygen atoms in total. The molecule has 0 saturated heterocycles. The summed E-state index contributed by atoms with van der Waals surface area (Å²) in [6.45, 7) is 2.97. The molecular formula is C18H21N3O2S. The van der Waals surface area contributed by atoms with E-state index in [1.807, 2.05) is 18.4 Å². The number of fused-ring (bicyclic) bond motifs is 1. The number of anilines is 1. The normalized spacial score (nSPS) is 18.1. The maximum absolute atomic E-state index is 13.0. The number of pyridine rings is 1. The van der Waals surface area contributed by atoms with Gasteiger partial charge in [0.15, 0.2) is 0 Å². The first-order chi connectivity index (χ1) is 11.7. The van der Waals surface area contributed by atoms with E-state index in [1.54, 1.807) is 22.4 Å².